The molecule has 0 aromatic carbocycles. The third kappa shape index (κ3) is 9.46. The van der Waals surface area contributed by atoms with Crippen LogP contribution in [0.25, 0.3) is 5.52 Å². The second kappa shape index (κ2) is 17.1. The number of amides is 1. The molecule has 1 saturated heterocycles. The summed E-state index contributed by atoms with van der Waals surface area (Å²) in [5.41, 5.74) is 2.66. The van der Waals surface area contributed by atoms with Crippen molar-refractivity contribution in [1.29, 1.82) is 0 Å². The zero-order valence-electron chi connectivity index (χ0n) is 23.5. The molecule has 1 aliphatic carbocycles. The van der Waals surface area contributed by atoms with Crippen molar-refractivity contribution < 1.29 is 9.18 Å². The lowest BCUT2D eigenvalue weighted by Gasteiger charge is -2.16. The van der Waals surface area contributed by atoms with Crippen molar-refractivity contribution in [1.82, 2.24) is 39.7 Å². The van der Waals surface area contributed by atoms with Gasteiger partial charge in [-0.15, -0.1) is 30.8 Å². The fourth-order valence-electron chi connectivity index (χ4n) is 3.98. The van der Waals surface area contributed by atoms with E-state index in [0.717, 1.165) is 36.2 Å². The van der Waals surface area contributed by atoms with Gasteiger partial charge in [0.1, 0.15) is 10.7 Å². The molecule has 0 bridgehead atoms. The topological polar surface area (TPSA) is 145 Å². The SMILES string of the molecule is C#C.C#C.Clc1nc[nH]c1Cl.O=CNc1ccc(F)nc1.c1cc2c(Nc3cc(C4CC4)[nH]n3)nc(N3CCCC3)nn2c1. The number of H-pyrrole nitrogens is 2. The zero-order valence-corrected chi connectivity index (χ0v) is 25.0. The number of carbonyl (C=O) groups is 1. The van der Waals surface area contributed by atoms with Gasteiger partial charge in [0.25, 0.3) is 0 Å². The molecule has 0 spiro atoms. The molecule has 0 atom stereocenters. The number of rotatable bonds is 6. The van der Waals surface area contributed by atoms with Crippen LogP contribution in [0.4, 0.5) is 27.7 Å². The number of nitrogens with zero attached hydrogens (tertiary/aromatic N) is 7. The first-order chi connectivity index (χ1) is 21.5. The average Bonchev–Trinajstić information content (AvgIpc) is 3.48. The van der Waals surface area contributed by atoms with Crippen molar-refractivity contribution in [3.05, 3.63) is 71.0 Å². The second-order valence-corrected chi connectivity index (χ2v) is 9.78. The maximum absolute atomic E-state index is 12.1. The van der Waals surface area contributed by atoms with Gasteiger partial charge in [-0.1, -0.05) is 23.2 Å². The molecule has 6 heterocycles. The highest BCUT2D eigenvalue weighted by Gasteiger charge is 2.26. The van der Waals surface area contributed by atoms with Crippen molar-refractivity contribution >= 4 is 58.4 Å². The Balaban J connectivity index is 0.000000209. The Labute approximate surface area is 263 Å². The summed E-state index contributed by atoms with van der Waals surface area (Å²) in [6, 6.07) is 8.70. The Hall–Kier alpha value is -5.11. The number of anilines is 4. The van der Waals surface area contributed by atoms with Gasteiger partial charge in [-0.05, 0) is 49.9 Å². The molecule has 0 unspecified atom stereocenters. The number of carbonyl (C=O) groups excluding carboxylic acids is 1. The molecular formula is C29H30Cl2FN11O. The molecule has 1 saturated carbocycles. The summed E-state index contributed by atoms with van der Waals surface area (Å²) in [6.45, 7) is 2.06. The smallest absolute Gasteiger partial charge is 0.245 e. The Morgan fingerprint density at radius 1 is 1.07 bits per heavy atom. The molecule has 1 aliphatic heterocycles. The number of fused-ring (bicyclic) bond motifs is 1. The lowest BCUT2D eigenvalue weighted by molar-refractivity contribution is -0.105. The quantitative estimate of drug-likeness (QED) is 0.106. The summed E-state index contributed by atoms with van der Waals surface area (Å²) in [5, 5.41) is 18.5. The molecule has 228 valence electrons. The van der Waals surface area contributed by atoms with Crippen LogP contribution in [-0.4, -0.2) is 59.2 Å². The van der Waals surface area contributed by atoms with Gasteiger partial charge >= 0.3 is 0 Å². The number of pyridine rings is 1. The third-order valence-corrected chi connectivity index (χ3v) is 6.80. The van der Waals surface area contributed by atoms with Crippen molar-refractivity contribution in [2.24, 2.45) is 0 Å². The van der Waals surface area contributed by atoms with Gasteiger partial charge in [0.2, 0.25) is 18.3 Å². The van der Waals surface area contributed by atoms with Gasteiger partial charge in [0, 0.05) is 37.0 Å². The maximum atomic E-state index is 12.1. The molecule has 44 heavy (non-hydrogen) atoms. The van der Waals surface area contributed by atoms with Gasteiger partial charge in [-0.3, -0.25) is 9.89 Å². The zero-order chi connectivity index (χ0) is 31.9. The van der Waals surface area contributed by atoms with Crippen LogP contribution in [0.15, 0.2) is 49.1 Å². The normalized spacial score (nSPS) is 13.0. The van der Waals surface area contributed by atoms with E-state index in [-0.39, 0.29) is 0 Å². The number of hydrogen-bond acceptors (Lipinski definition) is 8. The van der Waals surface area contributed by atoms with Gasteiger partial charge < -0.3 is 20.5 Å². The van der Waals surface area contributed by atoms with E-state index in [2.05, 4.69) is 77.5 Å². The summed E-state index contributed by atoms with van der Waals surface area (Å²) < 4.78 is 14.0. The molecule has 5 aromatic rings. The number of aromatic amines is 2. The molecule has 2 aliphatic rings. The Kier molecular flexibility index (Phi) is 13.0. The molecule has 2 fully saturated rings. The summed E-state index contributed by atoms with van der Waals surface area (Å²) >= 11 is 10.7. The van der Waals surface area contributed by atoms with Crippen molar-refractivity contribution in [2.75, 3.05) is 28.6 Å². The molecule has 5 aromatic heterocycles. The van der Waals surface area contributed by atoms with E-state index in [4.69, 9.17) is 28.2 Å². The predicted octanol–water partition coefficient (Wildman–Crippen LogP) is 5.68. The molecule has 15 heteroatoms. The molecule has 0 radical (unpaired) electrons. The van der Waals surface area contributed by atoms with Gasteiger partial charge in [0.05, 0.1) is 18.2 Å². The van der Waals surface area contributed by atoms with E-state index in [0.29, 0.717) is 28.3 Å². The first kappa shape index (κ1) is 33.4. The lowest BCUT2D eigenvalue weighted by atomic mass is 10.3. The number of hydrogen-bond donors (Lipinski definition) is 4. The van der Waals surface area contributed by atoms with E-state index < -0.39 is 5.95 Å². The summed E-state index contributed by atoms with van der Waals surface area (Å²) in [5.74, 6) is 2.52. The number of nitrogens with one attached hydrogen (secondary N) is 4. The average molecular weight is 639 g/mol. The summed E-state index contributed by atoms with van der Waals surface area (Å²) in [7, 11) is 0. The van der Waals surface area contributed by atoms with Crippen molar-refractivity contribution in [3.63, 3.8) is 0 Å². The first-order valence-electron chi connectivity index (χ1n) is 13.3. The Morgan fingerprint density at radius 3 is 2.39 bits per heavy atom. The van der Waals surface area contributed by atoms with Crippen LogP contribution in [-0.2, 0) is 4.79 Å². The maximum Gasteiger partial charge on any atom is 0.245 e. The van der Waals surface area contributed by atoms with E-state index in [1.807, 2.05) is 22.8 Å². The molecule has 1 amide bonds. The van der Waals surface area contributed by atoms with Gasteiger partial charge in [-0.2, -0.15) is 14.5 Å². The first-order valence-corrected chi connectivity index (χ1v) is 14.0. The highest BCUT2D eigenvalue weighted by Crippen LogP contribution is 2.39. The summed E-state index contributed by atoms with van der Waals surface area (Å²) in [6.07, 6.45) is 26.1. The minimum absolute atomic E-state index is 0.321. The fraction of sp³-hybridized carbons (Fsp3) is 0.241. The highest BCUT2D eigenvalue weighted by atomic mass is 35.5. The minimum Gasteiger partial charge on any atom is -0.340 e. The van der Waals surface area contributed by atoms with E-state index >= 15 is 0 Å². The van der Waals surface area contributed by atoms with E-state index in [1.165, 1.54) is 56.0 Å². The number of aromatic nitrogens is 8. The second-order valence-electron chi connectivity index (χ2n) is 9.04. The third-order valence-electron chi connectivity index (χ3n) is 6.13. The Bertz CT molecular complexity index is 1610. The monoisotopic (exact) mass is 637 g/mol. The molecule has 12 nitrogen and oxygen atoms in total. The highest BCUT2D eigenvalue weighted by molar-refractivity contribution is 6.40. The summed E-state index contributed by atoms with van der Waals surface area (Å²) in [4.78, 5) is 26.3. The van der Waals surface area contributed by atoms with Crippen LogP contribution in [0.1, 0.15) is 37.3 Å². The van der Waals surface area contributed by atoms with Crippen molar-refractivity contribution in [3.8, 4) is 25.7 Å². The van der Waals surface area contributed by atoms with Crippen LogP contribution in [0.3, 0.4) is 0 Å². The predicted molar refractivity (Wildman–Crippen MR) is 171 cm³/mol. The largest absolute Gasteiger partial charge is 0.340 e. The van der Waals surface area contributed by atoms with Crippen LogP contribution in [0.5, 0.6) is 0 Å². The van der Waals surface area contributed by atoms with Crippen LogP contribution < -0.4 is 15.5 Å². The van der Waals surface area contributed by atoms with Gasteiger partial charge in [0.15, 0.2) is 16.8 Å². The fourth-order valence-corrected chi connectivity index (χ4v) is 4.18. The molecular weight excluding hydrogens is 608 g/mol. The van der Waals surface area contributed by atoms with E-state index in [1.54, 1.807) is 0 Å². The number of halogens is 3. The van der Waals surface area contributed by atoms with E-state index in [9.17, 15) is 9.18 Å². The van der Waals surface area contributed by atoms with Crippen LogP contribution in [0, 0.1) is 31.6 Å². The minimum atomic E-state index is -0.559. The van der Waals surface area contributed by atoms with Gasteiger partial charge in [-0.25, -0.2) is 14.5 Å². The van der Waals surface area contributed by atoms with Crippen molar-refractivity contribution in [2.45, 2.75) is 31.6 Å². The standard InChI is InChI=1S/C16H19N7.C6H5FN2O.C3H2Cl2N2.2C2H2/c1-2-8-22(7-1)16-18-15(13-4-3-9-23(13)21-16)17-14-10-12(19-20-14)11-5-6-11;7-6-2-1-5(3-8-6)9-4-10;4-2-3(5)7-1-6-2;2*1-2/h3-4,9-11H,1-2,5-8H2,(H2,17,18,19,20,21);1-4H,(H,9,10);1H,(H,6,7);2*1-2H. The lowest BCUT2D eigenvalue weighted by Crippen LogP contribution is -2.22. The van der Waals surface area contributed by atoms with Crippen LogP contribution >= 0.6 is 23.2 Å². The number of imidazole rings is 1. The van der Waals surface area contributed by atoms with Crippen LogP contribution in [0.2, 0.25) is 10.3 Å². The molecule has 4 N–H and O–H groups in total. The molecule has 7 rings (SSSR count). The number of terminal acetylenes is 2. The Morgan fingerprint density at radius 2 is 1.82 bits per heavy atom.